The number of hydrogen-bond donors (Lipinski definition) is 0. The molecule has 0 saturated carbocycles. The molecule has 4 rings (SSSR count). The summed E-state index contributed by atoms with van der Waals surface area (Å²) in [5.74, 6) is 1.15. The maximum Gasteiger partial charge on any atom is 0.206 e. The van der Waals surface area contributed by atoms with E-state index in [1.807, 2.05) is 34.9 Å². The number of benzene rings is 1. The van der Waals surface area contributed by atoms with Gasteiger partial charge in [-0.2, -0.15) is 0 Å². The average Bonchev–Trinajstić information content (AvgIpc) is 3.13. The second-order valence-electron chi connectivity index (χ2n) is 4.97. The van der Waals surface area contributed by atoms with E-state index < -0.39 is 0 Å². The van der Waals surface area contributed by atoms with Gasteiger partial charge in [-0.1, -0.05) is 12.1 Å². The molecule has 0 aliphatic heterocycles. The zero-order valence-electron chi connectivity index (χ0n) is 11.6. The van der Waals surface area contributed by atoms with Gasteiger partial charge in [0.05, 0.1) is 6.26 Å². The fourth-order valence-corrected chi connectivity index (χ4v) is 2.54. The molecule has 0 amide bonds. The van der Waals surface area contributed by atoms with Crippen molar-refractivity contribution in [3.05, 3.63) is 78.2 Å². The zero-order valence-corrected chi connectivity index (χ0v) is 11.6. The maximum atomic E-state index is 13.4. The summed E-state index contributed by atoms with van der Waals surface area (Å²) in [6.07, 6.45) is 3.82. The first-order chi connectivity index (χ1) is 10.8. The highest BCUT2D eigenvalue weighted by Gasteiger charge is 2.15. The first-order valence-corrected chi connectivity index (χ1v) is 6.92. The minimum Gasteiger partial charge on any atom is -0.448 e. The Morgan fingerprint density at radius 3 is 2.86 bits per heavy atom. The number of nitrogens with zero attached hydrogens (tertiary/aromatic N) is 3. The first kappa shape index (κ1) is 12.8. The Hall–Kier alpha value is -2.95. The normalized spacial score (nSPS) is 11.1. The molecule has 0 atom stereocenters. The molecule has 0 spiro atoms. The van der Waals surface area contributed by atoms with E-state index in [2.05, 4.69) is 9.97 Å². The third kappa shape index (κ3) is 2.16. The Morgan fingerprint density at radius 1 is 1.09 bits per heavy atom. The molecule has 4 nitrogen and oxygen atoms in total. The van der Waals surface area contributed by atoms with Crippen LogP contribution in [0.15, 0.2) is 65.4 Å². The highest BCUT2D eigenvalue weighted by atomic mass is 19.1. The Kier molecular flexibility index (Phi) is 2.96. The Balaban J connectivity index is 1.88. The monoisotopic (exact) mass is 293 g/mol. The van der Waals surface area contributed by atoms with Crippen molar-refractivity contribution < 1.29 is 8.81 Å². The predicted octanol–water partition coefficient (Wildman–Crippen LogP) is 3.74. The minimum absolute atomic E-state index is 0.253. The van der Waals surface area contributed by atoms with Gasteiger partial charge in [-0.05, 0) is 35.9 Å². The SMILES string of the molecule is Fc1cccc(Cc2nc3cccnc3n2-c2ccco2)c1. The van der Waals surface area contributed by atoms with Gasteiger partial charge in [0.1, 0.15) is 17.2 Å². The van der Waals surface area contributed by atoms with E-state index in [-0.39, 0.29) is 5.82 Å². The summed E-state index contributed by atoms with van der Waals surface area (Å²) >= 11 is 0. The van der Waals surface area contributed by atoms with Crippen LogP contribution >= 0.6 is 0 Å². The van der Waals surface area contributed by atoms with Crippen molar-refractivity contribution in [2.75, 3.05) is 0 Å². The first-order valence-electron chi connectivity index (χ1n) is 6.92. The lowest BCUT2D eigenvalue weighted by Gasteiger charge is -2.05. The molecule has 1 aromatic carbocycles. The van der Waals surface area contributed by atoms with Gasteiger partial charge < -0.3 is 4.42 Å². The summed E-state index contributed by atoms with van der Waals surface area (Å²) in [6, 6.07) is 13.9. The van der Waals surface area contributed by atoms with Crippen molar-refractivity contribution in [3.63, 3.8) is 0 Å². The largest absolute Gasteiger partial charge is 0.448 e. The van der Waals surface area contributed by atoms with E-state index in [1.54, 1.807) is 18.5 Å². The summed E-state index contributed by atoms with van der Waals surface area (Å²) in [5, 5.41) is 0. The summed E-state index contributed by atoms with van der Waals surface area (Å²) in [4.78, 5) is 8.99. The molecule has 0 bridgehead atoms. The number of hydrogen-bond acceptors (Lipinski definition) is 3. The van der Waals surface area contributed by atoms with Gasteiger partial charge in [0.15, 0.2) is 5.65 Å². The Labute approximate surface area is 125 Å². The van der Waals surface area contributed by atoms with E-state index in [0.29, 0.717) is 12.3 Å². The maximum absolute atomic E-state index is 13.4. The van der Waals surface area contributed by atoms with Crippen molar-refractivity contribution in [2.45, 2.75) is 6.42 Å². The predicted molar refractivity (Wildman–Crippen MR) is 80.3 cm³/mol. The highest BCUT2D eigenvalue weighted by molar-refractivity contribution is 5.73. The molecule has 0 saturated heterocycles. The minimum atomic E-state index is -0.253. The van der Waals surface area contributed by atoms with Gasteiger partial charge in [-0.3, -0.25) is 0 Å². The molecule has 22 heavy (non-hydrogen) atoms. The van der Waals surface area contributed by atoms with Crippen LogP contribution in [0.25, 0.3) is 17.0 Å². The summed E-state index contributed by atoms with van der Waals surface area (Å²) in [5.41, 5.74) is 2.36. The van der Waals surface area contributed by atoms with Gasteiger partial charge in [0, 0.05) is 18.7 Å². The molecule has 0 aliphatic rings. The summed E-state index contributed by atoms with van der Waals surface area (Å²) in [7, 11) is 0. The van der Waals surface area contributed by atoms with Gasteiger partial charge in [-0.15, -0.1) is 0 Å². The quantitative estimate of drug-likeness (QED) is 0.578. The fourth-order valence-electron chi connectivity index (χ4n) is 2.54. The van der Waals surface area contributed by atoms with Gasteiger partial charge in [0.2, 0.25) is 5.88 Å². The molecule has 0 unspecified atom stereocenters. The molecule has 0 radical (unpaired) electrons. The number of pyridine rings is 1. The topological polar surface area (TPSA) is 43.9 Å². The molecule has 108 valence electrons. The van der Waals surface area contributed by atoms with Gasteiger partial charge in [-0.25, -0.2) is 18.9 Å². The zero-order chi connectivity index (χ0) is 14.9. The molecular weight excluding hydrogens is 281 g/mol. The van der Waals surface area contributed by atoms with Gasteiger partial charge >= 0.3 is 0 Å². The molecule has 5 heteroatoms. The number of rotatable bonds is 3. The lowest BCUT2D eigenvalue weighted by molar-refractivity contribution is 0.536. The van der Waals surface area contributed by atoms with Crippen molar-refractivity contribution >= 4 is 11.2 Å². The fraction of sp³-hybridized carbons (Fsp3) is 0.0588. The van der Waals surface area contributed by atoms with Crippen LogP contribution in [0.4, 0.5) is 4.39 Å². The standard InChI is InChI=1S/C17H12FN3O/c18-13-5-1-4-12(10-13)11-15-20-14-6-2-8-19-17(14)21(15)16-7-3-9-22-16/h1-10H,11H2. The second kappa shape index (κ2) is 5.11. The van der Waals surface area contributed by atoms with Crippen molar-refractivity contribution in [2.24, 2.45) is 0 Å². The lowest BCUT2D eigenvalue weighted by atomic mass is 10.1. The van der Waals surface area contributed by atoms with E-state index >= 15 is 0 Å². The van der Waals surface area contributed by atoms with Crippen LogP contribution in [0.1, 0.15) is 11.4 Å². The molecule has 3 heterocycles. The third-order valence-electron chi connectivity index (χ3n) is 3.46. The molecule has 3 aromatic heterocycles. The molecule has 0 aliphatic carbocycles. The van der Waals surface area contributed by atoms with E-state index in [1.165, 1.54) is 12.1 Å². The van der Waals surface area contributed by atoms with Crippen LogP contribution in [0, 0.1) is 5.82 Å². The molecule has 4 aromatic rings. The average molecular weight is 293 g/mol. The van der Waals surface area contributed by atoms with Gasteiger partial charge in [0.25, 0.3) is 0 Å². The van der Waals surface area contributed by atoms with Crippen molar-refractivity contribution in [3.8, 4) is 5.88 Å². The van der Waals surface area contributed by atoms with Crippen molar-refractivity contribution in [1.82, 2.24) is 14.5 Å². The smallest absolute Gasteiger partial charge is 0.206 e. The lowest BCUT2D eigenvalue weighted by Crippen LogP contribution is -2.02. The number of aromatic nitrogens is 3. The van der Waals surface area contributed by atoms with Crippen LogP contribution in [-0.4, -0.2) is 14.5 Å². The van der Waals surface area contributed by atoms with Crippen LogP contribution in [-0.2, 0) is 6.42 Å². The third-order valence-corrected chi connectivity index (χ3v) is 3.46. The second-order valence-corrected chi connectivity index (χ2v) is 4.97. The highest BCUT2D eigenvalue weighted by Crippen LogP contribution is 2.22. The Morgan fingerprint density at radius 2 is 2.05 bits per heavy atom. The number of furan rings is 1. The molecular formula is C17H12FN3O. The summed E-state index contributed by atoms with van der Waals surface area (Å²) < 4.78 is 20.7. The molecule has 0 N–H and O–H groups in total. The van der Waals surface area contributed by atoms with Crippen LogP contribution in [0.2, 0.25) is 0 Å². The van der Waals surface area contributed by atoms with E-state index in [0.717, 1.165) is 22.6 Å². The number of imidazole rings is 1. The number of fused-ring (bicyclic) bond motifs is 1. The van der Waals surface area contributed by atoms with E-state index in [9.17, 15) is 4.39 Å². The summed E-state index contributed by atoms with van der Waals surface area (Å²) in [6.45, 7) is 0. The van der Waals surface area contributed by atoms with Crippen molar-refractivity contribution in [1.29, 1.82) is 0 Å². The molecule has 0 fully saturated rings. The Bertz CT molecular complexity index is 928. The van der Waals surface area contributed by atoms with E-state index in [4.69, 9.17) is 4.42 Å². The van der Waals surface area contributed by atoms with Crippen LogP contribution < -0.4 is 0 Å². The van der Waals surface area contributed by atoms with Crippen LogP contribution in [0.3, 0.4) is 0 Å². The number of halogens is 1. The van der Waals surface area contributed by atoms with Crippen LogP contribution in [0.5, 0.6) is 0 Å².